The second-order valence-corrected chi connectivity index (χ2v) is 5.64. The van der Waals surface area contributed by atoms with Gasteiger partial charge in [0.15, 0.2) is 0 Å². The molecule has 1 saturated heterocycles. The van der Waals surface area contributed by atoms with Gasteiger partial charge in [-0.1, -0.05) is 17.7 Å². The molecule has 1 amide bonds. The molecule has 2 N–H and O–H groups in total. The van der Waals surface area contributed by atoms with Gasteiger partial charge in [0.1, 0.15) is 5.82 Å². The zero-order valence-electron chi connectivity index (χ0n) is 10.9. The van der Waals surface area contributed by atoms with Crippen molar-refractivity contribution in [3.05, 3.63) is 34.6 Å². The van der Waals surface area contributed by atoms with Crippen LogP contribution in [0.15, 0.2) is 18.2 Å². The lowest BCUT2D eigenvalue weighted by Crippen LogP contribution is -2.52. The number of rotatable bonds is 3. The Labute approximate surface area is 117 Å². The van der Waals surface area contributed by atoms with Crippen molar-refractivity contribution in [2.45, 2.75) is 31.7 Å². The minimum atomic E-state index is -0.432. The molecule has 5 heteroatoms. The van der Waals surface area contributed by atoms with Crippen LogP contribution in [0.4, 0.5) is 4.39 Å². The third kappa shape index (κ3) is 3.67. The highest BCUT2D eigenvalue weighted by Crippen LogP contribution is 2.21. The maximum Gasteiger partial charge on any atom is 0.225 e. The quantitative estimate of drug-likeness (QED) is 0.894. The number of benzene rings is 1. The predicted molar refractivity (Wildman–Crippen MR) is 73.8 cm³/mol. The van der Waals surface area contributed by atoms with Crippen molar-refractivity contribution in [3.63, 3.8) is 0 Å². The Hall–Kier alpha value is -1.13. The molecule has 104 valence electrons. The molecule has 2 rings (SSSR count). The fourth-order valence-electron chi connectivity index (χ4n) is 2.35. The number of hydrogen-bond acceptors (Lipinski definition) is 2. The van der Waals surface area contributed by atoms with E-state index in [1.165, 1.54) is 12.1 Å². The summed E-state index contributed by atoms with van der Waals surface area (Å²) in [7, 11) is 0. The molecule has 3 nitrogen and oxygen atoms in total. The van der Waals surface area contributed by atoms with Crippen molar-refractivity contribution < 1.29 is 9.18 Å². The lowest BCUT2D eigenvalue weighted by Gasteiger charge is -2.35. The van der Waals surface area contributed by atoms with Gasteiger partial charge in [-0.3, -0.25) is 4.79 Å². The summed E-state index contributed by atoms with van der Waals surface area (Å²) in [6.45, 7) is 3.79. The third-order valence-corrected chi connectivity index (χ3v) is 3.90. The largest absolute Gasteiger partial charge is 0.351 e. The number of carbonyl (C=O) groups excluding carboxylic acids is 1. The van der Waals surface area contributed by atoms with E-state index in [0.717, 1.165) is 25.9 Å². The first kappa shape index (κ1) is 14.3. The van der Waals surface area contributed by atoms with E-state index in [0.29, 0.717) is 5.02 Å². The lowest BCUT2D eigenvalue weighted by atomic mass is 9.90. The summed E-state index contributed by atoms with van der Waals surface area (Å²) in [5, 5.41) is 6.54. The van der Waals surface area contributed by atoms with Crippen LogP contribution in [-0.4, -0.2) is 24.5 Å². The average molecular weight is 285 g/mol. The van der Waals surface area contributed by atoms with Gasteiger partial charge in [-0.2, -0.15) is 0 Å². The molecule has 19 heavy (non-hydrogen) atoms. The number of amides is 1. The molecule has 1 heterocycles. The topological polar surface area (TPSA) is 41.1 Å². The van der Waals surface area contributed by atoms with Crippen molar-refractivity contribution in [2.24, 2.45) is 0 Å². The average Bonchev–Trinajstić information content (AvgIpc) is 2.34. The molecule has 1 aromatic carbocycles. The van der Waals surface area contributed by atoms with Crippen LogP contribution in [0.1, 0.15) is 25.3 Å². The summed E-state index contributed by atoms with van der Waals surface area (Å²) in [6.07, 6.45) is 1.74. The highest BCUT2D eigenvalue weighted by atomic mass is 35.5. The SMILES string of the molecule is CC1(NC(=O)Cc2c(F)cccc2Cl)CCNCC1. The predicted octanol–water partition coefficient (Wildman–Crippen LogP) is 2.28. The molecule has 0 spiro atoms. The fourth-order valence-corrected chi connectivity index (χ4v) is 2.58. The summed E-state index contributed by atoms with van der Waals surface area (Å²) in [5.41, 5.74) is 0.0549. The molecule has 1 aliphatic rings. The number of hydrogen-bond donors (Lipinski definition) is 2. The highest BCUT2D eigenvalue weighted by Gasteiger charge is 2.28. The van der Waals surface area contributed by atoms with Crippen LogP contribution in [0.5, 0.6) is 0 Å². The standard InChI is InChI=1S/C14H18ClFN2O/c1-14(5-7-17-8-6-14)18-13(19)9-10-11(15)3-2-4-12(10)16/h2-4,17H,5-9H2,1H3,(H,18,19). The van der Waals surface area contributed by atoms with Crippen LogP contribution < -0.4 is 10.6 Å². The van der Waals surface area contributed by atoms with Crippen LogP contribution >= 0.6 is 11.6 Å². The zero-order chi connectivity index (χ0) is 13.9. The Morgan fingerprint density at radius 1 is 1.47 bits per heavy atom. The van der Waals surface area contributed by atoms with Gasteiger partial charge in [0.25, 0.3) is 0 Å². The lowest BCUT2D eigenvalue weighted by molar-refractivity contribution is -0.122. The van der Waals surface area contributed by atoms with Crippen molar-refractivity contribution in [1.29, 1.82) is 0 Å². The fraction of sp³-hybridized carbons (Fsp3) is 0.500. The van der Waals surface area contributed by atoms with Crippen molar-refractivity contribution >= 4 is 17.5 Å². The van der Waals surface area contributed by atoms with Crippen LogP contribution in [0.25, 0.3) is 0 Å². The molecular formula is C14H18ClFN2O. The van der Waals surface area contributed by atoms with Gasteiger partial charge in [-0.05, 0) is 45.0 Å². The van der Waals surface area contributed by atoms with Gasteiger partial charge >= 0.3 is 0 Å². The first-order chi connectivity index (χ1) is 9.00. The molecule has 0 saturated carbocycles. The Bertz CT molecular complexity index is 452. The molecular weight excluding hydrogens is 267 g/mol. The Kier molecular flexibility index (Phi) is 4.42. The maximum absolute atomic E-state index is 13.6. The Morgan fingerprint density at radius 2 is 2.16 bits per heavy atom. The van der Waals surface area contributed by atoms with E-state index in [9.17, 15) is 9.18 Å². The molecule has 0 radical (unpaired) electrons. The molecule has 1 aliphatic heterocycles. The molecule has 0 unspecified atom stereocenters. The summed E-state index contributed by atoms with van der Waals surface area (Å²) in [4.78, 5) is 12.0. The van der Waals surface area contributed by atoms with Crippen LogP contribution in [0.2, 0.25) is 5.02 Å². The smallest absolute Gasteiger partial charge is 0.225 e. The summed E-state index contributed by atoms with van der Waals surface area (Å²) >= 11 is 5.92. The van der Waals surface area contributed by atoms with E-state index in [1.807, 2.05) is 6.92 Å². The van der Waals surface area contributed by atoms with Crippen molar-refractivity contribution in [2.75, 3.05) is 13.1 Å². The molecule has 1 fully saturated rings. The third-order valence-electron chi connectivity index (χ3n) is 3.55. The Balaban J connectivity index is 2.01. The first-order valence-corrected chi connectivity index (χ1v) is 6.83. The minimum absolute atomic E-state index is 0.0193. The summed E-state index contributed by atoms with van der Waals surface area (Å²) < 4.78 is 13.6. The van der Waals surface area contributed by atoms with E-state index in [4.69, 9.17) is 11.6 Å². The number of halogens is 2. The van der Waals surface area contributed by atoms with Gasteiger partial charge in [0.2, 0.25) is 5.91 Å². The van der Waals surface area contributed by atoms with Crippen LogP contribution in [-0.2, 0) is 11.2 Å². The maximum atomic E-state index is 13.6. The monoisotopic (exact) mass is 284 g/mol. The number of piperidine rings is 1. The van der Waals surface area contributed by atoms with Crippen molar-refractivity contribution in [3.8, 4) is 0 Å². The second kappa shape index (κ2) is 5.88. The van der Waals surface area contributed by atoms with Gasteiger partial charge in [0, 0.05) is 16.1 Å². The minimum Gasteiger partial charge on any atom is -0.351 e. The van der Waals surface area contributed by atoms with Gasteiger partial charge in [-0.15, -0.1) is 0 Å². The number of nitrogens with one attached hydrogen (secondary N) is 2. The van der Waals surface area contributed by atoms with Crippen LogP contribution in [0.3, 0.4) is 0 Å². The molecule has 0 aromatic heterocycles. The van der Waals surface area contributed by atoms with E-state index in [1.54, 1.807) is 6.07 Å². The van der Waals surface area contributed by atoms with Crippen LogP contribution in [0, 0.1) is 5.82 Å². The van der Waals surface area contributed by atoms with Crippen molar-refractivity contribution in [1.82, 2.24) is 10.6 Å². The second-order valence-electron chi connectivity index (χ2n) is 5.24. The van der Waals surface area contributed by atoms with Gasteiger partial charge < -0.3 is 10.6 Å². The highest BCUT2D eigenvalue weighted by molar-refractivity contribution is 6.31. The summed E-state index contributed by atoms with van der Waals surface area (Å²) in [5.74, 6) is -0.616. The normalized spacial score (nSPS) is 18.1. The zero-order valence-corrected chi connectivity index (χ0v) is 11.7. The van der Waals surface area contributed by atoms with E-state index in [-0.39, 0.29) is 23.4 Å². The first-order valence-electron chi connectivity index (χ1n) is 6.45. The number of carbonyl (C=O) groups is 1. The van der Waals surface area contributed by atoms with Gasteiger partial charge in [0.05, 0.1) is 6.42 Å². The Morgan fingerprint density at radius 3 is 2.79 bits per heavy atom. The molecule has 0 aliphatic carbocycles. The molecule has 0 atom stereocenters. The van der Waals surface area contributed by atoms with Gasteiger partial charge in [-0.25, -0.2) is 4.39 Å². The summed E-state index contributed by atoms with van der Waals surface area (Å²) in [6, 6.07) is 4.45. The van der Waals surface area contributed by atoms with E-state index in [2.05, 4.69) is 10.6 Å². The molecule has 0 bridgehead atoms. The molecule has 1 aromatic rings. The van der Waals surface area contributed by atoms with E-state index < -0.39 is 5.82 Å². The van der Waals surface area contributed by atoms with E-state index >= 15 is 0 Å².